The average molecular weight is 627 g/mol. The third kappa shape index (κ3) is 37.4. The van der Waals surface area contributed by atoms with Gasteiger partial charge in [-0.1, -0.05) is 110 Å². The van der Waals surface area contributed by atoms with Crippen molar-refractivity contribution < 1.29 is 97.1 Å². The van der Waals surface area contributed by atoms with Gasteiger partial charge in [0.25, 0.3) is 6.47 Å². The molecule has 0 N–H and O–H groups in total. The summed E-state index contributed by atoms with van der Waals surface area (Å²) in [5, 5.41) is 0. The van der Waals surface area contributed by atoms with E-state index < -0.39 is 20.5 Å². The molecule has 0 aromatic heterocycles. The second-order valence-corrected chi connectivity index (χ2v) is 12.3. The summed E-state index contributed by atoms with van der Waals surface area (Å²) >= 11 is 1.59. The van der Waals surface area contributed by atoms with Crippen molar-refractivity contribution in [2.75, 3.05) is 24.7 Å². The number of hydrogen-bond acceptors (Lipinski definition) is 9. The largest absolute Gasteiger partial charge is 1.00 e. The van der Waals surface area contributed by atoms with Crippen LogP contribution in [0.2, 0.25) is 0 Å². The van der Waals surface area contributed by atoms with E-state index in [1.54, 1.807) is 11.8 Å². The number of esters is 1. The maximum absolute atomic E-state index is 12.2. The van der Waals surface area contributed by atoms with Crippen molar-refractivity contribution in [2.45, 2.75) is 141 Å². The fraction of sp³-hybridized carbons (Fsp3) is 0.929. The minimum Gasteiger partial charge on any atom is -0.790 e. The minimum absolute atomic E-state index is 0. The molecule has 40 heavy (non-hydrogen) atoms. The standard InChI is InChI=1S/C28H55O8PS.2Na/c1-2-3-4-5-6-7-8-9-12-15-18-21-28(30)36-27(24-35-37(31,32)33)25-38-23-20-17-14-11-10-13-16-19-22-34-26-29;;/h26-27H,2-25H2,1H3,(H2,31,32,33);;/q;2*+1/p-2/t27-;;/m1../s1. The van der Waals surface area contributed by atoms with E-state index in [0.717, 1.165) is 63.5 Å². The summed E-state index contributed by atoms with van der Waals surface area (Å²) in [5.41, 5.74) is 0. The van der Waals surface area contributed by atoms with E-state index in [1.165, 1.54) is 64.2 Å². The molecule has 0 aliphatic heterocycles. The van der Waals surface area contributed by atoms with Gasteiger partial charge in [0, 0.05) is 12.2 Å². The molecule has 0 heterocycles. The monoisotopic (exact) mass is 626 g/mol. The first kappa shape index (κ1) is 45.8. The summed E-state index contributed by atoms with van der Waals surface area (Å²) in [7, 11) is -5.11. The van der Waals surface area contributed by atoms with Crippen LogP contribution >= 0.6 is 19.6 Å². The second-order valence-electron chi connectivity index (χ2n) is 10.0. The van der Waals surface area contributed by atoms with E-state index in [4.69, 9.17) is 4.74 Å². The van der Waals surface area contributed by atoms with Gasteiger partial charge in [-0.15, -0.1) is 0 Å². The van der Waals surface area contributed by atoms with Gasteiger partial charge in [-0.25, -0.2) is 0 Å². The Morgan fingerprint density at radius 3 is 1.75 bits per heavy atom. The van der Waals surface area contributed by atoms with Gasteiger partial charge in [-0.3, -0.25) is 9.59 Å². The zero-order chi connectivity index (χ0) is 28.2. The number of phosphoric acid groups is 1. The third-order valence-corrected chi connectivity index (χ3v) is 8.02. The predicted molar refractivity (Wildman–Crippen MR) is 151 cm³/mol. The summed E-state index contributed by atoms with van der Waals surface area (Å²) in [6.07, 6.45) is 21.5. The Morgan fingerprint density at radius 2 is 1.25 bits per heavy atom. The van der Waals surface area contributed by atoms with E-state index in [0.29, 0.717) is 25.3 Å². The molecular formula is C28H53Na2O8PS. The zero-order valence-electron chi connectivity index (χ0n) is 25.7. The van der Waals surface area contributed by atoms with Gasteiger partial charge in [0.15, 0.2) is 0 Å². The molecule has 0 radical (unpaired) electrons. The Balaban J connectivity index is -0.00000684. The van der Waals surface area contributed by atoms with E-state index in [2.05, 4.69) is 16.2 Å². The third-order valence-electron chi connectivity index (χ3n) is 6.37. The molecule has 0 aromatic carbocycles. The molecule has 12 heteroatoms. The molecule has 0 saturated heterocycles. The molecule has 0 aromatic rings. The van der Waals surface area contributed by atoms with E-state index in [1.807, 2.05) is 0 Å². The SMILES string of the molecule is CCCCCCCCCCCCCC(=O)O[C@H](COP(=O)([O-])[O-])CSCCCCCCCCCCOC=O.[Na+].[Na+]. The van der Waals surface area contributed by atoms with Crippen molar-refractivity contribution in [3.05, 3.63) is 0 Å². The molecule has 0 rings (SSSR count). The Labute approximate surface area is 292 Å². The number of carbonyl (C=O) groups excluding carboxylic acids is 2. The molecular weight excluding hydrogens is 573 g/mol. The zero-order valence-corrected chi connectivity index (χ0v) is 31.5. The van der Waals surface area contributed by atoms with E-state index in [9.17, 15) is 23.9 Å². The quantitative estimate of drug-likeness (QED) is 0.0368. The second kappa shape index (κ2) is 34.9. The Morgan fingerprint density at radius 1 is 0.775 bits per heavy atom. The van der Waals surface area contributed by atoms with Crippen LogP contribution < -0.4 is 68.9 Å². The first-order chi connectivity index (χ1) is 18.4. The fourth-order valence-electron chi connectivity index (χ4n) is 4.18. The number of unbranched alkanes of at least 4 members (excludes halogenated alkanes) is 17. The van der Waals surface area contributed by atoms with Gasteiger partial charge in [0.05, 0.1) is 21.0 Å². The van der Waals surface area contributed by atoms with Crippen molar-refractivity contribution >= 4 is 32.0 Å². The van der Waals surface area contributed by atoms with Gasteiger partial charge in [0.2, 0.25) is 0 Å². The first-order valence-electron chi connectivity index (χ1n) is 14.9. The summed E-state index contributed by atoms with van der Waals surface area (Å²) < 4.78 is 25.4. The number of carbonyl (C=O) groups is 2. The fourth-order valence-corrected chi connectivity index (χ4v) is 5.53. The Kier molecular flexibility index (Phi) is 40.0. The van der Waals surface area contributed by atoms with Crippen LogP contribution in [0.3, 0.4) is 0 Å². The van der Waals surface area contributed by atoms with Gasteiger partial charge in [-0.05, 0) is 25.0 Å². The normalized spacial score (nSPS) is 11.8. The predicted octanol–water partition coefficient (Wildman–Crippen LogP) is 0.480. The minimum atomic E-state index is -5.11. The summed E-state index contributed by atoms with van der Waals surface area (Å²) in [5.74, 6) is 0.925. The van der Waals surface area contributed by atoms with Crippen LogP contribution in [-0.4, -0.2) is 43.3 Å². The Bertz CT molecular complexity index is 599. The molecule has 8 nitrogen and oxygen atoms in total. The van der Waals surface area contributed by atoms with Gasteiger partial charge in [0.1, 0.15) is 6.10 Å². The van der Waals surface area contributed by atoms with Crippen LogP contribution in [-0.2, 0) is 28.2 Å². The van der Waals surface area contributed by atoms with E-state index >= 15 is 0 Å². The van der Waals surface area contributed by atoms with Crippen molar-refractivity contribution in [1.82, 2.24) is 0 Å². The average Bonchev–Trinajstić information content (AvgIpc) is 2.88. The van der Waals surface area contributed by atoms with Crippen LogP contribution in [0.15, 0.2) is 0 Å². The molecule has 0 spiro atoms. The molecule has 1 atom stereocenters. The van der Waals surface area contributed by atoms with Crippen LogP contribution in [0.1, 0.15) is 135 Å². The van der Waals surface area contributed by atoms with Gasteiger partial charge >= 0.3 is 65.1 Å². The molecule has 0 aliphatic carbocycles. The molecule has 0 amide bonds. The number of thioether (sulfide) groups is 1. The molecule has 0 bridgehead atoms. The number of phosphoric ester groups is 1. The molecule has 0 fully saturated rings. The molecule has 226 valence electrons. The molecule has 0 unspecified atom stereocenters. The van der Waals surface area contributed by atoms with Crippen molar-refractivity contribution in [3.8, 4) is 0 Å². The maximum atomic E-state index is 12.2. The maximum Gasteiger partial charge on any atom is 1.00 e. The topological polar surface area (TPSA) is 125 Å². The van der Waals surface area contributed by atoms with Crippen LogP contribution in [0.5, 0.6) is 0 Å². The van der Waals surface area contributed by atoms with Crippen molar-refractivity contribution in [3.63, 3.8) is 0 Å². The summed E-state index contributed by atoms with van der Waals surface area (Å²) in [6, 6.07) is 0. The first-order valence-corrected chi connectivity index (χ1v) is 17.5. The number of hydrogen-bond donors (Lipinski definition) is 0. The smallest absolute Gasteiger partial charge is 0.790 e. The van der Waals surface area contributed by atoms with Crippen molar-refractivity contribution in [1.29, 1.82) is 0 Å². The molecule has 0 aliphatic rings. The summed E-state index contributed by atoms with van der Waals surface area (Å²) in [6.45, 7) is 2.80. The number of rotatable bonds is 30. The van der Waals surface area contributed by atoms with E-state index in [-0.39, 0.29) is 65.1 Å². The van der Waals surface area contributed by atoms with Crippen LogP contribution in [0.25, 0.3) is 0 Å². The van der Waals surface area contributed by atoms with Crippen LogP contribution in [0, 0.1) is 0 Å². The van der Waals surface area contributed by atoms with Gasteiger partial charge < -0.3 is 28.3 Å². The van der Waals surface area contributed by atoms with Crippen molar-refractivity contribution in [2.24, 2.45) is 0 Å². The Hall–Kier alpha value is 1.40. The number of ether oxygens (including phenoxy) is 2. The van der Waals surface area contributed by atoms with Gasteiger partial charge in [-0.2, -0.15) is 11.8 Å². The molecule has 0 saturated carbocycles. The summed E-state index contributed by atoms with van der Waals surface area (Å²) in [4.78, 5) is 44.1. The van der Waals surface area contributed by atoms with Crippen LogP contribution in [0.4, 0.5) is 0 Å².